The maximum atomic E-state index is 13.7. The first kappa shape index (κ1) is 22.2. The van der Waals surface area contributed by atoms with Gasteiger partial charge in [-0.3, -0.25) is 4.79 Å². The van der Waals surface area contributed by atoms with Crippen molar-refractivity contribution in [2.75, 3.05) is 10.6 Å². The summed E-state index contributed by atoms with van der Waals surface area (Å²) in [5, 5.41) is 7.28. The van der Waals surface area contributed by atoms with Crippen LogP contribution in [0.1, 0.15) is 41.5 Å². The molecule has 0 saturated carbocycles. The number of Topliss-reactive ketones (excluding diaryl/α,β-unsaturated/α-hetero) is 1. The molecule has 4 heteroatoms. The van der Waals surface area contributed by atoms with Crippen LogP contribution in [0.25, 0.3) is 0 Å². The third-order valence-corrected chi connectivity index (χ3v) is 7.02. The molecule has 2 atom stereocenters. The summed E-state index contributed by atoms with van der Waals surface area (Å²) in [4.78, 5) is 13.7. The number of ketones is 1. The zero-order valence-corrected chi connectivity index (χ0v) is 20.0. The smallest absolute Gasteiger partial charge is 0.163 e. The Morgan fingerprint density at radius 3 is 2.22 bits per heavy atom. The Kier molecular flexibility index (Phi) is 6.00. The summed E-state index contributed by atoms with van der Waals surface area (Å²) in [6.45, 7) is 0.498. The zero-order valence-electron chi connectivity index (χ0n) is 20.0. The molecule has 0 fully saturated rings. The minimum atomic E-state index is -0.263. The van der Waals surface area contributed by atoms with Gasteiger partial charge >= 0.3 is 0 Å². The van der Waals surface area contributed by atoms with Gasteiger partial charge in [-0.15, -0.1) is 0 Å². The molecule has 6 rings (SSSR count). The molecule has 2 N–H and O–H groups in total. The van der Waals surface area contributed by atoms with E-state index in [1.165, 1.54) is 5.56 Å². The predicted octanol–water partition coefficient (Wildman–Crippen LogP) is 7.25. The molecule has 4 aromatic carbocycles. The van der Waals surface area contributed by atoms with Crippen LogP contribution in [-0.2, 0) is 11.4 Å². The number of carbonyl (C=O) groups excluding carboxylic acids is 1. The Hall–Kier alpha value is -4.31. The maximum absolute atomic E-state index is 13.7. The van der Waals surface area contributed by atoms with Crippen molar-refractivity contribution in [3.8, 4) is 5.75 Å². The van der Waals surface area contributed by atoms with Gasteiger partial charge in [0.05, 0.1) is 17.4 Å². The first-order valence-corrected chi connectivity index (χ1v) is 12.4. The molecular weight excluding hydrogens is 444 g/mol. The van der Waals surface area contributed by atoms with Crippen LogP contribution in [-0.4, -0.2) is 5.78 Å². The summed E-state index contributed by atoms with van der Waals surface area (Å²) in [5.74, 6) is 1.13. The minimum Gasteiger partial charge on any atom is -0.489 e. The van der Waals surface area contributed by atoms with Crippen molar-refractivity contribution < 1.29 is 9.53 Å². The second-order valence-corrected chi connectivity index (χ2v) is 9.43. The Balaban J connectivity index is 1.36. The number of benzene rings is 4. The predicted molar refractivity (Wildman–Crippen MR) is 144 cm³/mol. The van der Waals surface area contributed by atoms with Gasteiger partial charge < -0.3 is 15.4 Å². The summed E-state index contributed by atoms with van der Waals surface area (Å²) in [6, 6.07) is 36.5. The Labute approximate surface area is 211 Å². The molecule has 4 aromatic rings. The van der Waals surface area contributed by atoms with Gasteiger partial charge in [0, 0.05) is 17.7 Å². The first-order chi connectivity index (χ1) is 17.7. The molecule has 178 valence electrons. The van der Waals surface area contributed by atoms with Crippen LogP contribution in [0.4, 0.5) is 11.4 Å². The van der Waals surface area contributed by atoms with Gasteiger partial charge in [-0.05, 0) is 53.3 Å². The Morgan fingerprint density at radius 2 is 1.42 bits per heavy atom. The van der Waals surface area contributed by atoms with Gasteiger partial charge in [-0.1, -0.05) is 84.9 Å². The van der Waals surface area contributed by atoms with E-state index in [0.29, 0.717) is 13.0 Å². The molecule has 0 unspecified atom stereocenters. The molecule has 1 aliphatic heterocycles. The van der Waals surface area contributed by atoms with E-state index in [2.05, 4.69) is 59.2 Å². The lowest BCUT2D eigenvalue weighted by Crippen LogP contribution is -2.26. The van der Waals surface area contributed by atoms with E-state index in [1.54, 1.807) is 0 Å². The summed E-state index contributed by atoms with van der Waals surface area (Å²) in [6.07, 6.45) is 1.30. The van der Waals surface area contributed by atoms with Gasteiger partial charge in [0.1, 0.15) is 12.4 Å². The van der Waals surface area contributed by atoms with Crippen molar-refractivity contribution in [2.24, 2.45) is 0 Å². The number of allylic oxidation sites excluding steroid dienone is 1. The average molecular weight is 473 g/mol. The fourth-order valence-electron chi connectivity index (χ4n) is 5.23. The molecule has 2 aliphatic rings. The molecule has 0 aromatic heterocycles. The fourth-order valence-corrected chi connectivity index (χ4v) is 5.23. The highest BCUT2D eigenvalue weighted by atomic mass is 16.5. The standard InChI is InChI=1S/C32H28N2O2/c35-30-20-25(23-12-5-2-6-13-23)19-29-31(30)32(34-28-17-8-7-16-27(28)33-29)24-14-9-15-26(18-24)36-21-22-10-3-1-4-11-22/h1-18,25,32-34H,19-21H2/t25-,32+/m0/s1. The number of hydrogen-bond acceptors (Lipinski definition) is 4. The number of hydrogen-bond donors (Lipinski definition) is 2. The quantitative estimate of drug-likeness (QED) is 0.321. The topological polar surface area (TPSA) is 50.4 Å². The number of anilines is 2. The van der Waals surface area contributed by atoms with Gasteiger partial charge in [0.2, 0.25) is 0 Å². The van der Waals surface area contributed by atoms with E-state index in [4.69, 9.17) is 4.74 Å². The summed E-state index contributed by atoms with van der Waals surface area (Å²) >= 11 is 0. The second-order valence-electron chi connectivity index (χ2n) is 9.43. The maximum Gasteiger partial charge on any atom is 0.163 e. The van der Waals surface area contributed by atoms with Crippen molar-refractivity contribution in [1.29, 1.82) is 0 Å². The molecule has 0 radical (unpaired) electrons. The summed E-state index contributed by atoms with van der Waals surface area (Å²) in [7, 11) is 0. The Bertz CT molecular complexity index is 1410. The molecule has 0 spiro atoms. The zero-order chi connectivity index (χ0) is 24.3. The SMILES string of the molecule is O=C1C[C@@H](c2ccccc2)CC2=C1[C@@H](c1cccc(OCc3ccccc3)c1)Nc1ccccc1N2. The normalized spacial score (nSPS) is 18.8. The van der Waals surface area contributed by atoms with E-state index in [0.717, 1.165) is 45.9 Å². The van der Waals surface area contributed by atoms with E-state index >= 15 is 0 Å². The largest absolute Gasteiger partial charge is 0.489 e. The molecule has 0 bridgehead atoms. The van der Waals surface area contributed by atoms with Crippen LogP contribution in [0.5, 0.6) is 5.75 Å². The van der Waals surface area contributed by atoms with Gasteiger partial charge in [-0.25, -0.2) is 0 Å². The Morgan fingerprint density at radius 1 is 0.722 bits per heavy atom. The van der Waals surface area contributed by atoms with E-state index < -0.39 is 0 Å². The van der Waals surface area contributed by atoms with Crippen molar-refractivity contribution in [3.63, 3.8) is 0 Å². The second kappa shape index (κ2) is 9.74. The van der Waals surface area contributed by atoms with Crippen LogP contribution in [0.3, 0.4) is 0 Å². The fraction of sp³-hybridized carbons (Fsp3) is 0.156. The monoisotopic (exact) mass is 472 g/mol. The molecule has 4 nitrogen and oxygen atoms in total. The lowest BCUT2D eigenvalue weighted by molar-refractivity contribution is -0.116. The minimum absolute atomic E-state index is 0.163. The summed E-state index contributed by atoms with van der Waals surface area (Å²) < 4.78 is 6.12. The number of rotatable bonds is 5. The number of ether oxygens (including phenoxy) is 1. The number of para-hydroxylation sites is 2. The highest BCUT2D eigenvalue weighted by Gasteiger charge is 2.36. The van der Waals surface area contributed by atoms with Gasteiger partial charge in [0.15, 0.2) is 5.78 Å². The van der Waals surface area contributed by atoms with Gasteiger partial charge in [-0.2, -0.15) is 0 Å². The molecular formula is C32H28N2O2. The third-order valence-electron chi connectivity index (χ3n) is 7.02. The van der Waals surface area contributed by atoms with Crippen molar-refractivity contribution >= 4 is 17.2 Å². The average Bonchev–Trinajstić information content (AvgIpc) is 3.10. The molecule has 1 heterocycles. The highest BCUT2D eigenvalue weighted by Crippen LogP contribution is 2.44. The lowest BCUT2D eigenvalue weighted by Gasteiger charge is -2.30. The van der Waals surface area contributed by atoms with E-state index in [-0.39, 0.29) is 17.7 Å². The van der Waals surface area contributed by atoms with Crippen LogP contribution < -0.4 is 15.4 Å². The van der Waals surface area contributed by atoms with Gasteiger partial charge in [0.25, 0.3) is 0 Å². The van der Waals surface area contributed by atoms with Crippen LogP contribution in [0.2, 0.25) is 0 Å². The number of carbonyl (C=O) groups is 1. The van der Waals surface area contributed by atoms with Crippen LogP contribution in [0.15, 0.2) is 120 Å². The highest BCUT2D eigenvalue weighted by molar-refractivity contribution is 6.01. The number of fused-ring (bicyclic) bond motifs is 1. The molecule has 0 saturated heterocycles. The van der Waals surface area contributed by atoms with E-state index in [9.17, 15) is 4.79 Å². The van der Waals surface area contributed by atoms with Crippen LogP contribution in [0, 0.1) is 0 Å². The van der Waals surface area contributed by atoms with Crippen LogP contribution >= 0.6 is 0 Å². The molecule has 1 aliphatic carbocycles. The molecule has 0 amide bonds. The first-order valence-electron chi connectivity index (χ1n) is 12.4. The van der Waals surface area contributed by atoms with Crippen molar-refractivity contribution in [2.45, 2.75) is 31.4 Å². The van der Waals surface area contributed by atoms with E-state index in [1.807, 2.05) is 60.7 Å². The number of nitrogens with one attached hydrogen (secondary N) is 2. The summed E-state index contributed by atoms with van der Waals surface area (Å²) in [5.41, 5.74) is 7.13. The third kappa shape index (κ3) is 4.50. The lowest BCUT2D eigenvalue weighted by atomic mass is 9.78. The molecule has 36 heavy (non-hydrogen) atoms. The van der Waals surface area contributed by atoms with Crippen molar-refractivity contribution in [1.82, 2.24) is 0 Å². The van der Waals surface area contributed by atoms with Crippen molar-refractivity contribution in [3.05, 3.63) is 137 Å².